The molecule has 100 valence electrons. The minimum absolute atomic E-state index is 0.0513. The average molecular weight is 279 g/mol. The topological polar surface area (TPSA) is 72.2 Å². The van der Waals surface area contributed by atoms with Crippen LogP contribution in [0.3, 0.4) is 0 Å². The van der Waals surface area contributed by atoms with Gasteiger partial charge in [0.1, 0.15) is 11.4 Å². The second kappa shape index (κ2) is 4.70. The molecule has 0 aliphatic heterocycles. The van der Waals surface area contributed by atoms with E-state index >= 15 is 0 Å². The van der Waals surface area contributed by atoms with Gasteiger partial charge in [-0.1, -0.05) is 24.3 Å². The van der Waals surface area contributed by atoms with Gasteiger partial charge < -0.3 is 11.1 Å². The second-order valence-electron chi connectivity index (χ2n) is 5.06. The van der Waals surface area contributed by atoms with Crippen molar-refractivity contribution in [2.75, 3.05) is 6.54 Å². The predicted octanol–water partition coefficient (Wildman–Crippen LogP) is 1.84. The van der Waals surface area contributed by atoms with Crippen molar-refractivity contribution in [3.63, 3.8) is 0 Å². The minimum atomic E-state index is -0.534. The highest BCUT2D eigenvalue weighted by Crippen LogP contribution is 2.23. The van der Waals surface area contributed by atoms with Crippen LogP contribution in [0.1, 0.15) is 34.6 Å². The van der Waals surface area contributed by atoms with Crippen LogP contribution in [0.4, 0.5) is 0 Å². The molecule has 0 saturated carbocycles. The molecule has 0 saturated heterocycles. The number of rotatable bonds is 3. The lowest BCUT2D eigenvalue weighted by Crippen LogP contribution is -2.38. The van der Waals surface area contributed by atoms with Crippen molar-refractivity contribution in [3.8, 4) is 0 Å². The monoisotopic (exact) mass is 278 g/mol. The maximum Gasteiger partial charge on any atom is 0.211 e. The number of halogens is 1. The number of nitrogens with one attached hydrogen (secondary N) is 1. The summed E-state index contributed by atoms with van der Waals surface area (Å²) >= 11 is 6.06. The molecule has 0 atom stereocenters. The Hall–Kier alpha value is -1.81. The van der Waals surface area contributed by atoms with Gasteiger partial charge in [-0.2, -0.15) is 0 Å². The molecule has 0 fully saturated rings. The van der Waals surface area contributed by atoms with Gasteiger partial charge in [0.2, 0.25) is 11.6 Å². The summed E-state index contributed by atoms with van der Waals surface area (Å²) in [7, 11) is 0. The number of alkyl halides is 1. The fourth-order valence-corrected chi connectivity index (χ4v) is 1.94. The first-order valence-corrected chi connectivity index (χ1v) is 6.30. The zero-order valence-electron chi connectivity index (χ0n) is 10.8. The number of allylic oxidation sites excluding steroid dienone is 2. The SMILES string of the molecule is CC(C)(Cl)CNC1=C(N)C(=O)c2ccccc2C1=O. The minimum Gasteiger partial charge on any atom is -0.394 e. The Labute approximate surface area is 116 Å². The van der Waals surface area contributed by atoms with Crippen molar-refractivity contribution in [2.45, 2.75) is 18.7 Å². The Morgan fingerprint density at radius 3 is 2.21 bits per heavy atom. The van der Waals surface area contributed by atoms with E-state index in [9.17, 15) is 9.59 Å². The summed E-state index contributed by atoms with van der Waals surface area (Å²) in [6, 6.07) is 6.65. The zero-order chi connectivity index (χ0) is 14.2. The van der Waals surface area contributed by atoms with Gasteiger partial charge in [0.15, 0.2) is 0 Å². The van der Waals surface area contributed by atoms with Crippen LogP contribution in [-0.4, -0.2) is 23.0 Å². The molecule has 1 aromatic carbocycles. The molecule has 1 aromatic rings. The standard InChI is InChI=1S/C14H15ClN2O2/c1-14(2,15)7-17-11-10(16)12(18)8-5-3-4-6-9(8)13(11)19/h3-6,17H,7,16H2,1-2H3. The highest BCUT2D eigenvalue weighted by Gasteiger charge is 2.31. The molecule has 0 unspecified atom stereocenters. The Morgan fingerprint density at radius 1 is 1.16 bits per heavy atom. The average Bonchev–Trinajstić information content (AvgIpc) is 2.35. The summed E-state index contributed by atoms with van der Waals surface area (Å²) < 4.78 is 0. The number of Topliss-reactive ketones (excluding diaryl/α,β-unsaturated/α-hetero) is 2. The smallest absolute Gasteiger partial charge is 0.211 e. The molecule has 4 nitrogen and oxygen atoms in total. The third-order valence-corrected chi connectivity index (χ3v) is 2.98. The molecule has 5 heteroatoms. The molecule has 0 bridgehead atoms. The Bertz CT molecular complexity index is 585. The summed E-state index contributed by atoms with van der Waals surface area (Å²) in [5, 5.41) is 2.88. The maximum atomic E-state index is 12.3. The second-order valence-corrected chi connectivity index (χ2v) is 6.09. The van der Waals surface area contributed by atoms with Crippen LogP contribution in [0, 0.1) is 0 Å². The van der Waals surface area contributed by atoms with E-state index in [0.717, 1.165) is 0 Å². The van der Waals surface area contributed by atoms with Crippen LogP contribution in [0.5, 0.6) is 0 Å². The molecule has 3 N–H and O–H groups in total. The van der Waals surface area contributed by atoms with Crippen molar-refractivity contribution >= 4 is 23.2 Å². The van der Waals surface area contributed by atoms with Gasteiger partial charge in [0.25, 0.3) is 0 Å². The number of nitrogens with two attached hydrogens (primary N) is 1. The van der Waals surface area contributed by atoms with Crippen LogP contribution in [0.15, 0.2) is 35.7 Å². The summed E-state index contributed by atoms with van der Waals surface area (Å²) in [4.78, 5) is 23.8. The number of hydrogen-bond donors (Lipinski definition) is 2. The van der Waals surface area contributed by atoms with Gasteiger partial charge >= 0.3 is 0 Å². The van der Waals surface area contributed by atoms with E-state index in [1.807, 2.05) is 0 Å². The molecule has 0 aromatic heterocycles. The number of benzene rings is 1. The number of hydrogen-bond acceptors (Lipinski definition) is 4. The normalized spacial score (nSPS) is 15.5. The predicted molar refractivity (Wildman–Crippen MR) is 74.3 cm³/mol. The highest BCUT2D eigenvalue weighted by atomic mass is 35.5. The maximum absolute atomic E-state index is 12.3. The molecule has 0 heterocycles. The fourth-order valence-electron chi connectivity index (χ4n) is 1.87. The lowest BCUT2D eigenvalue weighted by atomic mass is 9.90. The Kier molecular flexibility index (Phi) is 3.37. The van der Waals surface area contributed by atoms with Gasteiger partial charge in [-0.25, -0.2) is 0 Å². The van der Waals surface area contributed by atoms with E-state index in [2.05, 4.69) is 5.32 Å². The van der Waals surface area contributed by atoms with Gasteiger partial charge in [0, 0.05) is 17.7 Å². The van der Waals surface area contributed by atoms with Crippen LogP contribution >= 0.6 is 11.6 Å². The first-order chi connectivity index (χ1) is 8.81. The number of carbonyl (C=O) groups excluding carboxylic acids is 2. The molecule has 19 heavy (non-hydrogen) atoms. The van der Waals surface area contributed by atoms with E-state index in [4.69, 9.17) is 17.3 Å². The van der Waals surface area contributed by atoms with Gasteiger partial charge in [-0.15, -0.1) is 11.6 Å². The number of fused-ring (bicyclic) bond motifs is 1. The van der Waals surface area contributed by atoms with Crippen molar-refractivity contribution in [3.05, 3.63) is 46.8 Å². The quantitative estimate of drug-likeness (QED) is 0.828. The van der Waals surface area contributed by atoms with E-state index in [1.165, 1.54) is 0 Å². The molecule has 1 aliphatic rings. The lowest BCUT2D eigenvalue weighted by Gasteiger charge is -2.23. The van der Waals surface area contributed by atoms with Crippen molar-refractivity contribution in [2.24, 2.45) is 5.73 Å². The third kappa shape index (κ3) is 2.63. The fraction of sp³-hybridized carbons (Fsp3) is 0.286. The first-order valence-electron chi connectivity index (χ1n) is 5.92. The van der Waals surface area contributed by atoms with Crippen LogP contribution < -0.4 is 11.1 Å². The molecule has 1 aliphatic carbocycles. The molecule has 0 amide bonds. The highest BCUT2D eigenvalue weighted by molar-refractivity contribution is 6.26. The molecule has 0 spiro atoms. The Balaban J connectivity index is 2.38. The van der Waals surface area contributed by atoms with Crippen LogP contribution in [0.25, 0.3) is 0 Å². The van der Waals surface area contributed by atoms with Crippen molar-refractivity contribution in [1.29, 1.82) is 0 Å². The number of carbonyl (C=O) groups is 2. The molecule has 2 rings (SSSR count). The van der Waals surface area contributed by atoms with Gasteiger partial charge in [-0.05, 0) is 13.8 Å². The van der Waals surface area contributed by atoms with Gasteiger partial charge in [-0.3, -0.25) is 9.59 Å². The molecule has 0 radical (unpaired) electrons. The summed E-state index contributed by atoms with van der Waals surface area (Å²) in [6.07, 6.45) is 0. The van der Waals surface area contributed by atoms with E-state index < -0.39 is 4.87 Å². The zero-order valence-corrected chi connectivity index (χ0v) is 11.5. The largest absolute Gasteiger partial charge is 0.394 e. The molecular formula is C14H15ClN2O2. The van der Waals surface area contributed by atoms with E-state index in [-0.39, 0.29) is 23.0 Å². The summed E-state index contributed by atoms with van der Waals surface area (Å²) in [6.45, 7) is 3.95. The van der Waals surface area contributed by atoms with Crippen LogP contribution in [-0.2, 0) is 0 Å². The van der Waals surface area contributed by atoms with Crippen molar-refractivity contribution < 1.29 is 9.59 Å². The summed E-state index contributed by atoms with van der Waals surface area (Å²) in [5.74, 6) is -0.598. The molecular weight excluding hydrogens is 264 g/mol. The van der Waals surface area contributed by atoms with E-state index in [1.54, 1.807) is 38.1 Å². The summed E-state index contributed by atoms with van der Waals surface area (Å²) in [5.41, 5.74) is 6.57. The third-order valence-electron chi connectivity index (χ3n) is 2.84. The number of ketones is 2. The van der Waals surface area contributed by atoms with Crippen LogP contribution in [0.2, 0.25) is 0 Å². The first kappa shape index (κ1) is 13.6. The van der Waals surface area contributed by atoms with E-state index in [0.29, 0.717) is 17.7 Å². The van der Waals surface area contributed by atoms with Crippen molar-refractivity contribution in [1.82, 2.24) is 5.32 Å². The van der Waals surface area contributed by atoms with Gasteiger partial charge in [0.05, 0.1) is 4.87 Å². The Morgan fingerprint density at radius 2 is 1.68 bits per heavy atom. The lowest BCUT2D eigenvalue weighted by molar-refractivity contribution is 0.0967.